The lowest BCUT2D eigenvalue weighted by Crippen LogP contribution is -2.33. The Bertz CT molecular complexity index is 1080. The van der Waals surface area contributed by atoms with Crippen LogP contribution in [0.15, 0.2) is 78.9 Å². The normalized spacial score (nSPS) is 16.2. The third-order valence-corrected chi connectivity index (χ3v) is 6.08. The van der Waals surface area contributed by atoms with Crippen LogP contribution in [0, 0.1) is 5.92 Å². The molecule has 0 radical (unpaired) electrons. The SMILES string of the molecule is C[C@H]1CCCN(Cc2ccc(C(=O)Nc3ccccc3C(=O)NCc3ccccc3)cc2)C1. The molecule has 170 valence electrons. The van der Waals surface area contributed by atoms with Gasteiger partial charge in [0, 0.05) is 25.2 Å². The fourth-order valence-electron chi connectivity index (χ4n) is 4.31. The van der Waals surface area contributed by atoms with E-state index in [-0.39, 0.29) is 11.8 Å². The first kappa shape index (κ1) is 22.7. The maximum absolute atomic E-state index is 12.9. The van der Waals surface area contributed by atoms with E-state index < -0.39 is 0 Å². The van der Waals surface area contributed by atoms with Crippen LogP contribution >= 0.6 is 0 Å². The molecule has 5 heteroatoms. The Hall–Kier alpha value is -3.44. The summed E-state index contributed by atoms with van der Waals surface area (Å²) in [6.45, 7) is 5.91. The third kappa shape index (κ3) is 6.30. The van der Waals surface area contributed by atoms with Gasteiger partial charge in [0.05, 0.1) is 11.3 Å². The highest BCUT2D eigenvalue weighted by Gasteiger charge is 2.17. The first-order valence-corrected chi connectivity index (χ1v) is 11.6. The van der Waals surface area contributed by atoms with Crippen LogP contribution in [0.25, 0.3) is 0 Å². The molecule has 0 aromatic heterocycles. The van der Waals surface area contributed by atoms with Crippen molar-refractivity contribution >= 4 is 17.5 Å². The Labute approximate surface area is 195 Å². The van der Waals surface area contributed by atoms with Gasteiger partial charge in [-0.15, -0.1) is 0 Å². The molecule has 1 aliphatic heterocycles. The van der Waals surface area contributed by atoms with Gasteiger partial charge in [0.2, 0.25) is 0 Å². The van der Waals surface area contributed by atoms with Gasteiger partial charge in [-0.2, -0.15) is 0 Å². The van der Waals surface area contributed by atoms with Crippen molar-refractivity contribution in [3.05, 3.63) is 101 Å². The molecule has 0 aliphatic carbocycles. The average molecular weight is 442 g/mol. The summed E-state index contributed by atoms with van der Waals surface area (Å²) in [5.41, 5.74) is 3.75. The van der Waals surface area contributed by atoms with Gasteiger partial charge in [-0.05, 0) is 60.7 Å². The average Bonchev–Trinajstić information content (AvgIpc) is 2.84. The van der Waals surface area contributed by atoms with Gasteiger partial charge in [0.1, 0.15) is 0 Å². The number of hydrogen-bond acceptors (Lipinski definition) is 3. The fraction of sp³-hybridized carbons (Fsp3) is 0.286. The molecule has 3 aromatic carbocycles. The molecule has 0 bridgehead atoms. The maximum Gasteiger partial charge on any atom is 0.255 e. The lowest BCUT2D eigenvalue weighted by molar-refractivity contribution is 0.0952. The second-order valence-corrected chi connectivity index (χ2v) is 8.85. The maximum atomic E-state index is 12.9. The topological polar surface area (TPSA) is 61.4 Å². The summed E-state index contributed by atoms with van der Waals surface area (Å²) in [5, 5.41) is 5.83. The molecular formula is C28H31N3O2. The first-order chi connectivity index (χ1) is 16.1. The zero-order valence-corrected chi connectivity index (χ0v) is 19.1. The second kappa shape index (κ2) is 10.9. The molecule has 0 saturated carbocycles. The van der Waals surface area contributed by atoms with Crippen LogP contribution in [-0.4, -0.2) is 29.8 Å². The van der Waals surface area contributed by atoms with Crippen molar-refractivity contribution in [2.45, 2.75) is 32.9 Å². The minimum absolute atomic E-state index is 0.221. The quantitative estimate of drug-likeness (QED) is 0.536. The summed E-state index contributed by atoms with van der Waals surface area (Å²) in [7, 11) is 0. The standard InChI is InChI=1S/C28H31N3O2/c1-21-8-7-17-31(19-21)20-23-13-15-24(16-14-23)27(32)30-26-12-6-5-11-25(26)28(33)29-18-22-9-3-2-4-10-22/h2-6,9-16,21H,7-8,17-20H2,1H3,(H,29,33)(H,30,32)/t21-/m0/s1. The van der Waals surface area contributed by atoms with Crippen LogP contribution < -0.4 is 10.6 Å². The van der Waals surface area contributed by atoms with E-state index >= 15 is 0 Å². The van der Waals surface area contributed by atoms with Gasteiger partial charge in [-0.3, -0.25) is 14.5 Å². The van der Waals surface area contributed by atoms with Gasteiger partial charge in [0.15, 0.2) is 0 Å². The summed E-state index contributed by atoms with van der Waals surface area (Å²) in [4.78, 5) is 28.1. The molecule has 5 nitrogen and oxygen atoms in total. The summed E-state index contributed by atoms with van der Waals surface area (Å²) in [5.74, 6) is 0.297. The number of hydrogen-bond donors (Lipinski definition) is 2. The molecular weight excluding hydrogens is 410 g/mol. The molecule has 1 aliphatic rings. The Kier molecular flexibility index (Phi) is 7.53. The number of likely N-dealkylation sites (tertiary alicyclic amines) is 1. The monoisotopic (exact) mass is 441 g/mol. The lowest BCUT2D eigenvalue weighted by Gasteiger charge is -2.30. The number of rotatable bonds is 7. The Balaban J connectivity index is 1.37. The summed E-state index contributed by atoms with van der Waals surface area (Å²) < 4.78 is 0. The number of nitrogens with zero attached hydrogens (tertiary/aromatic N) is 1. The van der Waals surface area contributed by atoms with E-state index in [0.29, 0.717) is 23.4 Å². The molecule has 1 atom stereocenters. The van der Waals surface area contributed by atoms with Gasteiger partial charge < -0.3 is 10.6 Å². The number of carbonyl (C=O) groups excluding carboxylic acids is 2. The van der Waals surface area contributed by atoms with E-state index in [2.05, 4.69) is 22.5 Å². The smallest absolute Gasteiger partial charge is 0.255 e. The zero-order chi connectivity index (χ0) is 23.0. The number of piperidine rings is 1. The molecule has 2 N–H and O–H groups in total. The molecule has 33 heavy (non-hydrogen) atoms. The Morgan fingerprint density at radius 1 is 0.879 bits per heavy atom. The molecule has 2 amide bonds. The summed E-state index contributed by atoms with van der Waals surface area (Å²) >= 11 is 0. The molecule has 1 saturated heterocycles. The van der Waals surface area contributed by atoms with Crippen LogP contribution in [0.3, 0.4) is 0 Å². The number of carbonyl (C=O) groups is 2. The predicted molar refractivity (Wildman–Crippen MR) is 132 cm³/mol. The molecule has 1 heterocycles. The van der Waals surface area contributed by atoms with Crippen LogP contribution in [0.1, 0.15) is 51.6 Å². The fourth-order valence-corrected chi connectivity index (χ4v) is 4.31. The lowest BCUT2D eigenvalue weighted by atomic mass is 9.99. The van der Waals surface area contributed by atoms with Crippen molar-refractivity contribution in [2.24, 2.45) is 5.92 Å². The highest BCUT2D eigenvalue weighted by Crippen LogP contribution is 2.19. The van der Waals surface area contributed by atoms with Crippen molar-refractivity contribution in [3.8, 4) is 0 Å². The minimum atomic E-state index is -0.226. The molecule has 4 rings (SSSR count). The Morgan fingerprint density at radius 2 is 1.61 bits per heavy atom. The van der Waals surface area contributed by atoms with Crippen molar-refractivity contribution < 1.29 is 9.59 Å². The largest absolute Gasteiger partial charge is 0.348 e. The highest BCUT2D eigenvalue weighted by molar-refractivity contribution is 6.09. The minimum Gasteiger partial charge on any atom is -0.348 e. The van der Waals surface area contributed by atoms with E-state index in [1.165, 1.54) is 18.4 Å². The third-order valence-electron chi connectivity index (χ3n) is 6.08. The Morgan fingerprint density at radius 3 is 2.36 bits per heavy atom. The molecule has 3 aromatic rings. The van der Waals surface area contributed by atoms with E-state index in [1.54, 1.807) is 18.2 Å². The summed E-state index contributed by atoms with van der Waals surface area (Å²) in [6, 6.07) is 24.6. The molecule has 1 fully saturated rings. The van der Waals surface area contributed by atoms with E-state index in [1.807, 2.05) is 60.7 Å². The van der Waals surface area contributed by atoms with Gasteiger partial charge >= 0.3 is 0 Å². The van der Waals surface area contributed by atoms with Crippen molar-refractivity contribution in [3.63, 3.8) is 0 Å². The van der Waals surface area contributed by atoms with Crippen LogP contribution in [-0.2, 0) is 13.1 Å². The number of anilines is 1. The molecule has 0 unspecified atom stereocenters. The highest BCUT2D eigenvalue weighted by atomic mass is 16.2. The van der Waals surface area contributed by atoms with E-state index in [0.717, 1.165) is 31.1 Å². The predicted octanol–water partition coefficient (Wildman–Crippen LogP) is 5.10. The van der Waals surface area contributed by atoms with Gasteiger partial charge in [0.25, 0.3) is 11.8 Å². The summed E-state index contributed by atoms with van der Waals surface area (Å²) in [6.07, 6.45) is 2.56. The van der Waals surface area contributed by atoms with Crippen molar-refractivity contribution in [1.82, 2.24) is 10.2 Å². The first-order valence-electron chi connectivity index (χ1n) is 11.6. The number of para-hydroxylation sites is 1. The number of amides is 2. The number of benzene rings is 3. The second-order valence-electron chi connectivity index (χ2n) is 8.85. The van der Waals surface area contributed by atoms with E-state index in [9.17, 15) is 9.59 Å². The van der Waals surface area contributed by atoms with Crippen LogP contribution in [0.5, 0.6) is 0 Å². The van der Waals surface area contributed by atoms with Crippen molar-refractivity contribution in [2.75, 3.05) is 18.4 Å². The van der Waals surface area contributed by atoms with Crippen molar-refractivity contribution in [1.29, 1.82) is 0 Å². The van der Waals surface area contributed by atoms with Crippen LogP contribution in [0.2, 0.25) is 0 Å². The zero-order valence-electron chi connectivity index (χ0n) is 19.1. The van der Waals surface area contributed by atoms with E-state index in [4.69, 9.17) is 0 Å². The van der Waals surface area contributed by atoms with Crippen LogP contribution in [0.4, 0.5) is 5.69 Å². The van der Waals surface area contributed by atoms with Gasteiger partial charge in [-0.1, -0.05) is 61.5 Å². The number of nitrogens with one attached hydrogen (secondary N) is 2. The van der Waals surface area contributed by atoms with Gasteiger partial charge in [-0.25, -0.2) is 0 Å². The molecule has 0 spiro atoms.